The lowest BCUT2D eigenvalue weighted by atomic mass is 9.77. The predicted octanol–water partition coefficient (Wildman–Crippen LogP) is 6.29. The summed E-state index contributed by atoms with van der Waals surface area (Å²) in [6.45, 7) is 11.0. The van der Waals surface area contributed by atoms with Gasteiger partial charge in [-0.25, -0.2) is 0 Å². The monoisotopic (exact) mass is 516 g/mol. The van der Waals surface area contributed by atoms with E-state index < -0.39 is 5.79 Å². The number of hydrogen-bond acceptors (Lipinski definition) is 6. The van der Waals surface area contributed by atoms with Crippen molar-refractivity contribution >= 4 is 11.6 Å². The maximum absolute atomic E-state index is 14.2. The number of rotatable bonds is 14. The molecule has 3 rings (SSSR count). The number of Topliss-reactive ketones (excluding diaryl/α,β-unsaturated/α-hetero) is 2. The minimum atomic E-state index is -0.621. The van der Waals surface area contributed by atoms with Crippen molar-refractivity contribution in [1.82, 2.24) is 0 Å². The standard InChI is InChI=1S/C31H48O6/c1-22(12-11-13-24(3)32)30(36-28-16-9-10-18-34-28)27(21-25-14-7-6-8-15-25)29(33)23(2)20-26-17-19-35-31(4,5)37-26/h6-8,14-15,22-23,26-28,30H,9-13,16-21H2,1-5H3/t22-,23?,26+,27?,28?,30+/m0/s1. The van der Waals surface area contributed by atoms with Crippen LogP contribution in [0.25, 0.3) is 0 Å². The summed E-state index contributed by atoms with van der Waals surface area (Å²) >= 11 is 0. The van der Waals surface area contributed by atoms with Crippen molar-refractivity contribution in [1.29, 1.82) is 0 Å². The average molecular weight is 517 g/mol. The van der Waals surface area contributed by atoms with E-state index in [0.29, 0.717) is 32.5 Å². The molecule has 0 amide bonds. The van der Waals surface area contributed by atoms with E-state index in [1.807, 2.05) is 39.0 Å². The van der Waals surface area contributed by atoms with Gasteiger partial charge >= 0.3 is 0 Å². The largest absolute Gasteiger partial charge is 0.353 e. The minimum Gasteiger partial charge on any atom is -0.353 e. The Hall–Kier alpha value is -1.60. The number of benzene rings is 1. The molecule has 0 bridgehead atoms. The van der Waals surface area contributed by atoms with Crippen LogP contribution >= 0.6 is 0 Å². The molecule has 2 heterocycles. The molecular weight excluding hydrogens is 468 g/mol. The Morgan fingerprint density at radius 1 is 1.08 bits per heavy atom. The maximum Gasteiger partial charge on any atom is 0.163 e. The van der Waals surface area contributed by atoms with Crippen LogP contribution in [0.15, 0.2) is 30.3 Å². The van der Waals surface area contributed by atoms with E-state index in [-0.39, 0.29) is 47.8 Å². The molecule has 0 spiro atoms. The molecule has 6 heteroatoms. The van der Waals surface area contributed by atoms with Gasteiger partial charge in [-0.15, -0.1) is 0 Å². The van der Waals surface area contributed by atoms with E-state index in [4.69, 9.17) is 18.9 Å². The zero-order chi connectivity index (χ0) is 26.8. The zero-order valence-corrected chi connectivity index (χ0v) is 23.6. The summed E-state index contributed by atoms with van der Waals surface area (Å²) in [4.78, 5) is 25.8. The fourth-order valence-corrected chi connectivity index (χ4v) is 5.68. The van der Waals surface area contributed by atoms with Gasteiger partial charge in [0.2, 0.25) is 0 Å². The second-order valence-corrected chi connectivity index (χ2v) is 11.6. The summed E-state index contributed by atoms with van der Waals surface area (Å²) in [5.74, 6) is -0.558. The summed E-state index contributed by atoms with van der Waals surface area (Å²) in [5.41, 5.74) is 1.13. The summed E-state index contributed by atoms with van der Waals surface area (Å²) < 4.78 is 24.5. The van der Waals surface area contributed by atoms with E-state index in [9.17, 15) is 9.59 Å². The van der Waals surface area contributed by atoms with Crippen LogP contribution in [-0.4, -0.2) is 49.1 Å². The molecular formula is C31H48O6. The molecule has 0 saturated carbocycles. The second kappa shape index (κ2) is 14.5. The van der Waals surface area contributed by atoms with Crippen molar-refractivity contribution < 1.29 is 28.5 Å². The van der Waals surface area contributed by atoms with E-state index in [0.717, 1.165) is 44.1 Å². The van der Waals surface area contributed by atoms with Gasteiger partial charge in [0.15, 0.2) is 12.1 Å². The van der Waals surface area contributed by atoms with Crippen LogP contribution in [-0.2, 0) is 35.0 Å². The van der Waals surface area contributed by atoms with Gasteiger partial charge < -0.3 is 23.7 Å². The summed E-state index contributed by atoms with van der Waals surface area (Å²) in [6.07, 6.45) is 6.68. The highest BCUT2D eigenvalue weighted by Gasteiger charge is 2.39. The van der Waals surface area contributed by atoms with Gasteiger partial charge in [-0.1, -0.05) is 44.2 Å². The molecule has 6 atom stereocenters. The fourth-order valence-electron chi connectivity index (χ4n) is 5.68. The Morgan fingerprint density at radius 3 is 2.49 bits per heavy atom. The quantitative estimate of drug-likeness (QED) is 0.289. The topological polar surface area (TPSA) is 71.1 Å². The second-order valence-electron chi connectivity index (χ2n) is 11.6. The molecule has 0 radical (unpaired) electrons. The Morgan fingerprint density at radius 2 is 1.84 bits per heavy atom. The molecule has 0 N–H and O–H groups in total. The van der Waals surface area contributed by atoms with E-state index in [1.165, 1.54) is 0 Å². The number of ketones is 2. The van der Waals surface area contributed by atoms with Crippen molar-refractivity contribution in [3.05, 3.63) is 35.9 Å². The third-order valence-corrected chi connectivity index (χ3v) is 7.70. The lowest BCUT2D eigenvalue weighted by molar-refractivity contribution is -0.275. The smallest absolute Gasteiger partial charge is 0.163 e. The summed E-state index contributed by atoms with van der Waals surface area (Å²) in [6, 6.07) is 10.2. The van der Waals surface area contributed by atoms with Gasteiger partial charge in [0, 0.05) is 24.9 Å². The number of hydrogen-bond donors (Lipinski definition) is 0. The lowest BCUT2D eigenvalue weighted by Gasteiger charge is -2.38. The Balaban J connectivity index is 1.82. The van der Waals surface area contributed by atoms with Crippen molar-refractivity contribution in [3.63, 3.8) is 0 Å². The first kappa shape index (κ1) is 29.9. The molecule has 2 aliphatic heterocycles. The van der Waals surface area contributed by atoms with Gasteiger partial charge in [-0.3, -0.25) is 4.79 Å². The molecule has 0 aliphatic carbocycles. The van der Waals surface area contributed by atoms with Crippen LogP contribution in [0.4, 0.5) is 0 Å². The van der Waals surface area contributed by atoms with Crippen LogP contribution in [0.2, 0.25) is 0 Å². The first-order chi connectivity index (χ1) is 17.6. The van der Waals surface area contributed by atoms with Crippen molar-refractivity contribution in [2.45, 2.75) is 117 Å². The molecule has 2 saturated heterocycles. The molecule has 6 nitrogen and oxygen atoms in total. The summed E-state index contributed by atoms with van der Waals surface area (Å²) in [5, 5.41) is 0. The number of carbonyl (C=O) groups excluding carboxylic acids is 2. The van der Waals surface area contributed by atoms with Gasteiger partial charge in [-0.05, 0) is 83.6 Å². The Kier molecular flexibility index (Phi) is 11.8. The molecule has 2 fully saturated rings. The van der Waals surface area contributed by atoms with Crippen LogP contribution < -0.4 is 0 Å². The highest BCUT2D eigenvalue weighted by atomic mass is 16.7. The molecule has 3 unspecified atom stereocenters. The van der Waals surface area contributed by atoms with Crippen molar-refractivity contribution in [3.8, 4) is 0 Å². The summed E-state index contributed by atoms with van der Waals surface area (Å²) in [7, 11) is 0. The highest BCUT2D eigenvalue weighted by Crippen LogP contribution is 2.33. The predicted molar refractivity (Wildman–Crippen MR) is 144 cm³/mol. The zero-order valence-electron chi connectivity index (χ0n) is 23.6. The Bertz CT molecular complexity index is 831. The lowest BCUT2D eigenvalue weighted by Crippen LogP contribution is -2.44. The van der Waals surface area contributed by atoms with Gasteiger partial charge in [-0.2, -0.15) is 0 Å². The fraction of sp³-hybridized carbons (Fsp3) is 0.742. The van der Waals surface area contributed by atoms with Crippen LogP contribution in [0.1, 0.15) is 91.5 Å². The molecule has 1 aromatic rings. The van der Waals surface area contributed by atoms with E-state index in [1.54, 1.807) is 6.92 Å². The first-order valence-corrected chi connectivity index (χ1v) is 14.3. The molecule has 0 aromatic heterocycles. The molecule has 208 valence electrons. The molecule has 1 aromatic carbocycles. The van der Waals surface area contributed by atoms with Crippen LogP contribution in [0.5, 0.6) is 0 Å². The third-order valence-electron chi connectivity index (χ3n) is 7.70. The van der Waals surface area contributed by atoms with Gasteiger partial charge in [0.1, 0.15) is 11.6 Å². The van der Waals surface area contributed by atoms with E-state index >= 15 is 0 Å². The average Bonchev–Trinajstić information content (AvgIpc) is 2.86. The maximum atomic E-state index is 14.2. The highest BCUT2D eigenvalue weighted by molar-refractivity contribution is 5.84. The SMILES string of the molecule is CC(=O)CCC[C@H](C)[C@@H](OC1CCCCO1)C(Cc1ccccc1)C(=O)C(C)C[C@H]1CCOC(C)(C)O1. The first-order valence-electron chi connectivity index (χ1n) is 14.3. The van der Waals surface area contributed by atoms with Gasteiger partial charge in [0.05, 0.1) is 18.8 Å². The third kappa shape index (κ3) is 9.90. The van der Waals surface area contributed by atoms with Crippen molar-refractivity contribution in [2.24, 2.45) is 17.8 Å². The number of carbonyl (C=O) groups is 2. The van der Waals surface area contributed by atoms with Crippen LogP contribution in [0.3, 0.4) is 0 Å². The van der Waals surface area contributed by atoms with E-state index in [2.05, 4.69) is 19.1 Å². The van der Waals surface area contributed by atoms with Gasteiger partial charge in [0.25, 0.3) is 0 Å². The van der Waals surface area contributed by atoms with Crippen molar-refractivity contribution in [2.75, 3.05) is 13.2 Å². The molecule has 37 heavy (non-hydrogen) atoms. The minimum absolute atomic E-state index is 0.00545. The Labute approximate surface area is 223 Å². The number of ether oxygens (including phenoxy) is 4. The normalized spacial score (nSPS) is 25.1. The molecule has 2 aliphatic rings. The van der Waals surface area contributed by atoms with Crippen LogP contribution in [0, 0.1) is 17.8 Å².